The Bertz CT molecular complexity index is 508. The minimum Gasteiger partial charge on any atom is -0.352 e. The standard InChI is InChI=1S/C18H26N2OS.ClH/c1-14-4-6-16(7-5-14)22-18(10-2-3-11-18)17(21)20-15-8-12-19-13-9-15;/h4-7,15,19H,2-3,8-13H2,1H3,(H,20,21);1H. The summed E-state index contributed by atoms with van der Waals surface area (Å²) in [6.45, 7) is 4.13. The number of carbonyl (C=O) groups is 1. The van der Waals surface area contributed by atoms with Crippen molar-refractivity contribution in [3.05, 3.63) is 29.8 Å². The largest absolute Gasteiger partial charge is 0.352 e. The van der Waals surface area contributed by atoms with E-state index in [1.54, 1.807) is 11.8 Å². The minimum atomic E-state index is -0.250. The lowest BCUT2D eigenvalue weighted by atomic mass is 10.0. The second kappa shape index (κ2) is 8.41. The van der Waals surface area contributed by atoms with E-state index < -0.39 is 0 Å². The topological polar surface area (TPSA) is 41.1 Å². The third-order valence-corrected chi connectivity index (χ3v) is 6.33. The summed E-state index contributed by atoms with van der Waals surface area (Å²) in [6, 6.07) is 8.92. The van der Waals surface area contributed by atoms with Crippen molar-refractivity contribution >= 4 is 30.1 Å². The molecule has 0 bridgehead atoms. The van der Waals surface area contributed by atoms with Crippen LogP contribution < -0.4 is 10.6 Å². The van der Waals surface area contributed by atoms with Gasteiger partial charge in [0.15, 0.2) is 0 Å². The van der Waals surface area contributed by atoms with E-state index in [2.05, 4.69) is 41.8 Å². The highest BCUT2D eigenvalue weighted by Crippen LogP contribution is 2.45. The van der Waals surface area contributed by atoms with Gasteiger partial charge in [-0.1, -0.05) is 30.5 Å². The van der Waals surface area contributed by atoms with E-state index in [4.69, 9.17) is 0 Å². The Morgan fingerprint density at radius 2 is 1.78 bits per heavy atom. The highest BCUT2D eigenvalue weighted by Gasteiger charge is 2.42. The van der Waals surface area contributed by atoms with Crippen LogP contribution in [0.5, 0.6) is 0 Å². The van der Waals surface area contributed by atoms with E-state index in [-0.39, 0.29) is 23.1 Å². The molecule has 0 atom stereocenters. The Kier molecular flexibility index (Phi) is 6.81. The average molecular weight is 355 g/mol. The van der Waals surface area contributed by atoms with E-state index in [1.807, 2.05) is 0 Å². The molecule has 1 saturated carbocycles. The van der Waals surface area contributed by atoms with Gasteiger partial charge in [-0.15, -0.1) is 24.2 Å². The molecule has 0 aromatic heterocycles. The predicted molar refractivity (Wildman–Crippen MR) is 99.5 cm³/mol. The van der Waals surface area contributed by atoms with Gasteiger partial charge in [-0.05, 0) is 57.8 Å². The second-order valence-electron chi connectivity index (χ2n) is 6.61. The summed E-state index contributed by atoms with van der Waals surface area (Å²) in [7, 11) is 0. The van der Waals surface area contributed by atoms with Crippen LogP contribution in [0.2, 0.25) is 0 Å². The molecule has 1 aliphatic carbocycles. The SMILES string of the molecule is Cc1ccc(SC2(C(=O)NC3CCNCC3)CCCC2)cc1.Cl. The van der Waals surface area contributed by atoms with E-state index in [0.717, 1.165) is 38.8 Å². The molecular weight excluding hydrogens is 328 g/mol. The Morgan fingerprint density at radius 3 is 2.39 bits per heavy atom. The number of piperidine rings is 1. The van der Waals surface area contributed by atoms with E-state index in [0.29, 0.717) is 6.04 Å². The van der Waals surface area contributed by atoms with Crippen molar-refractivity contribution < 1.29 is 4.79 Å². The second-order valence-corrected chi connectivity index (χ2v) is 8.07. The van der Waals surface area contributed by atoms with E-state index in [1.165, 1.54) is 23.3 Å². The van der Waals surface area contributed by atoms with Gasteiger partial charge in [0.1, 0.15) is 0 Å². The zero-order chi connectivity index (χ0) is 15.4. The number of halogens is 1. The third-order valence-electron chi connectivity index (χ3n) is 4.83. The lowest BCUT2D eigenvalue weighted by Gasteiger charge is -2.31. The summed E-state index contributed by atoms with van der Waals surface area (Å²) in [5.74, 6) is 0.266. The van der Waals surface area contributed by atoms with Crippen LogP contribution in [-0.4, -0.2) is 29.8 Å². The molecule has 2 N–H and O–H groups in total. The number of hydrogen-bond donors (Lipinski definition) is 2. The highest BCUT2D eigenvalue weighted by atomic mass is 35.5. The number of hydrogen-bond acceptors (Lipinski definition) is 3. The molecule has 3 rings (SSSR count). The normalized spacial score (nSPS) is 20.7. The molecule has 1 aromatic rings. The van der Waals surface area contributed by atoms with Crippen LogP contribution in [0.15, 0.2) is 29.2 Å². The molecule has 5 heteroatoms. The highest BCUT2D eigenvalue weighted by molar-refractivity contribution is 8.01. The molecule has 3 nitrogen and oxygen atoms in total. The van der Waals surface area contributed by atoms with Crippen molar-refractivity contribution in [2.45, 2.75) is 61.1 Å². The molecule has 1 aromatic carbocycles. The first-order valence-corrected chi connectivity index (χ1v) is 9.27. The summed E-state index contributed by atoms with van der Waals surface area (Å²) >= 11 is 1.78. The molecule has 0 spiro atoms. The van der Waals surface area contributed by atoms with Crippen molar-refractivity contribution in [1.82, 2.24) is 10.6 Å². The molecule has 23 heavy (non-hydrogen) atoms. The number of aryl methyl sites for hydroxylation is 1. The Hall–Kier alpha value is -0.710. The fourth-order valence-corrected chi connectivity index (χ4v) is 4.80. The first-order valence-electron chi connectivity index (χ1n) is 8.45. The van der Waals surface area contributed by atoms with Crippen molar-refractivity contribution in [3.8, 4) is 0 Å². The average Bonchev–Trinajstić information content (AvgIpc) is 3.00. The lowest BCUT2D eigenvalue weighted by molar-refractivity contribution is -0.124. The van der Waals surface area contributed by atoms with Crippen LogP contribution in [0.1, 0.15) is 44.1 Å². The lowest BCUT2D eigenvalue weighted by Crippen LogP contribution is -2.49. The maximum Gasteiger partial charge on any atom is 0.236 e. The van der Waals surface area contributed by atoms with Gasteiger partial charge in [0.25, 0.3) is 0 Å². The zero-order valence-corrected chi connectivity index (χ0v) is 15.4. The van der Waals surface area contributed by atoms with Gasteiger partial charge < -0.3 is 10.6 Å². The molecule has 0 radical (unpaired) electrons. The van der Waals surface area contributed by atoms with Crippen LogP contribution in [0.4, 0.5) is 0 Å². The van der Waals surface area contributed by atoms with Crippen LogP contribution in [0, 0.1) is 6.92 Å². The molecule has 1 aliphatic heterocycles. The summed E-state index contributed by atoms with van der Waals surface area (Å²) in [5.41, 5.74) is 1.27. The van der Waals surface area contributed by atoms with Crippen molar-refractivity contribution in [3.63, 3.8) is 0 Å². The monoisotopic (exact) mass is 354 g/mol. The predicted octanol–water partition coefficient (Wildman–Crippen LogP) is 3.69. The maximum atomic E-state index is 13.0. The van der Waals surface area contributed by atoms with Gasteiger partial charge in [0.05, 0.1) is 4.75 Å². The van der Waals surface area contributed by atoms with Crippen LogP contribution >= 0.6 is 24.2 Å². The smallest absolute Gasteiger partial charge is 0.236 e. The number of amides is 1. The number of thioether (sulfide) groups is 1. The molecule has 2 fully saturated rings. The first kappa shape index (κ1) is 18.6. The number of nitrogens with one attached hydrogen (secondary N) is 2. The first-order chi connectivity index (χ1) is 10.7. The number of benzene rings is 1. The fraction of sp³-hybridized carbons (Fsp3) is 0.611. The summed E-state index contributed by atoms with van der Waals surface area (Å²) in [6.07, 6.45) is 6.44. The molecule has 1 heterocycles. The quantitative estimate of drug-likeness (QED) is 0.866. The molecule has 1 saturated heterocycles. The van der Waals surface area contributed by atoms with Gasteiger partial charge in [-0.3, -0.25) is 4.79 Å². The Balaban J connectivity index is 0.00000192. The van der Waals surface area contributed by atoms with Gasteiger partial charge >= 0.3 is 0 Å². The zero-order valence-electron chi connectivity index (χ0n) is 13.8. The Morgan fingerprint density at radius 1 is 1.17 bits per heavy atom. The van der Waals surface area contributed by atoms with Gasteiger partial charge in [-0.25, -0.2) is 0 Å². The fourth-order valence-electron chi connectivity index (χ4n) is 3.44. The van der Waals surface area contributed by atoms with Crippen molar-refractivity contribution in [2.75, 3.05) is 13.1 Å². The maximum absolute atomic E-state index is 13.0. The third kappa shape index (κ3) is 4.65. The minimum absolute atomic E-state index is 0. The molecule has 2 aliphatic rings. The molecular formula is C18H27ClN2OS. The molecule has 128 valence electrons. The van der Waals surface area contributed by atoms with Crippen LogP contribution in [0.25, 0.3) is 0 Å². The summed E-state index contributed by atoms with van der Waals surface area (Å²) < 4.78 is -0.250. The Labute approximate surface area is 149 Å². The van der Waals surface area contributed by atoms with Crippen molar-refractivity contribution in [2.24, 2.45) is 0 Å². The van der Waals surface area contributed by atoms with Gasteiger partial charge in [-0.2, -0.15) is 0 Å². The molecule has 1 amide bonds. The van der Waals surface area contributed by atoms with Crippen LogP contribution in [0.3, 0.4) is 0 Å². The van der Waals surface area contributed by atoms with Gasteiger partial charge in [0, 0.05) is 10.9 Å². The number of rotatable bonds is 4. The van der Waals surface area contributed by atoms with Gasteiger partial charge in [0.2, 0.25) is 5.91 Å². The number of carbonyl (C=O) groups excluding carboxylic acids is 1. The van der Waals surface area contributed by atoms with Crippen LogP contribution in [-0.2, 0) is 4.79 Å². The van der Waals surface area contributed by atoms with Crippen molar-refractivity contribution in [1.29, 1.82) is 0 Å². The molecule has 0 unspecified atom stereocenters. The summed E-state index contributed by atoms with van der Waals surface area (Å²) in [5, 5.41) is 6.69. The van der Waals surface area contributed by atoms with E-state index >= 15 is 0 Å². The summed E-state index contributed by atoms with van der Waals surface area (Å²) in [4.78, 5) is 14.2. The van der Waals surface area contributed by atoms with E-state index in [9.17, 15) is 4.79 Å².